The maximum absolute atomic E-state index is 9.74. The molecule has 0 bridgehead atoms. The van der Waals surface area contributed by atoms with Crippen molar-refractivity contribution in [1.82, 2.24) is 0 Å². The molecule has 0 spiro atoms. The first-order valence-electron chi connectivity index (χ1n) is 6.01. The van der Waals surface area contributed by atoms with Gasteiger partial charge in [-0.15, -0.1) is 0 Å². The number of hydrogen-bond donors (Lipinski definition) is 3. The van der Waals surface area contributed by atoms with Gasteiger partial charge in [0.25, 0.3) is 0 Å². The number of benzene rings is 3. The van der Waals surface area contributed by atoms with Crippen molar-refractivity contribution < 1.29 is 10.2 Å². The molecule has 0 aromatic heterocycles. The number of nitrogens with one attached hydrogen (secondary N) is 1. The Morgan fingerprint density at radius 1 is 0.737 bits per heavy atom. The highest BCUT2D eigenvalue weighted by Crippen LogP contribution is 2.30. The highest BCUT2D eigenvalue weighted by Gasteiger charge is 2.03. The zero-order chi connectivity index (χ0) is 13.2. The van der Waals surface area contributed by atoms with Gasteiger partial charge in [-0.2, -0.15) is 0 Å². The Morgan fingerprint density at radius 2 is 1.53 bits per heavy atom. The van der Waals surface area contributed by atoms with Gasteiger partial charge in [-0.1, -0.05) is 24.3 Å². The lowest BCUT2D eigenvalue weighted by Crippen LogP contribution is -1.90. The summed E-state index contributed by atoms with van der Waals surface area (Å²) >= 11 is 0. The van der Waals surface area contributed by atoms with Crippen molar-refractivity contribution in [2.24, 2.45) is 0 Å². The van der Waals surface area contributed by atoms with E-state index < -0.39 is 0 Å². The quantitative estimate of drug-likeness (QED) is 0.603. The molecule has 94 valence electrons. The van der Waals surface area contributed by atoms with Crippen molar-refractivity contribution in [3.8, 4) is 11.5 Å². The van der Waals surface area contributed by atoms with Crippen LogP contribution >= 0.6 is 0 Å². The average Bonchev–Trinajstić information content (AvgIpc) is 2.42. The highest BCUT2D eigenvalue weighted by molar-refractivity contribution is 5.91. The molecule has 0 unspecified atom stereocenters. The molecule has 0 aliphatic carbocycles. The van der Waals surface area contributed by atoms with Gasteiger partial charge in [-0.3, -0.25) is 0 Å². The third-order valence-corrected chi connectivity index (χ3v) is 3.04. The second-order valence-electron chi connectivity index (χ2n) is 4.36. The van der Waals surface area contributed by atoms with Gasteiger partial charge in [0.1, 0.15) is 11.5 Å². The predicted molar refractivity (Wildman–Crippen MR) is 77.0 cm³/mol. The van der Waals surface area contributed by atoms with Crippen LogP contribution in [0.3, 0.4) is 0 Å². The van der Waals surface area contributed by atoms with Crippen molar-refractivity contribution in [2.75, 3.05) is 5.32 Å². The molecular weight excluding hydrogens is 238 g/mol. The van der Waals surface area contributed by atoms with E-state index in [1.807, 2.05) is 36.4 Å². The van der Waals surface area contributed by atoms with E-state index in [1.165, 1.54) is 0 Å². The fourth-order valence-corrected chi connectivity index (χ4v) is 2.08. The maximum atomic E-state index is 9.74. The summed E-state index contributed by atoms with van der Waals surface area (Å²) in [6.45, 7) is 0. The van der Waals surface area contributed by atoms with Crippen molar-refractivity contribution in [3.63, 3.8) is 0 Å². The molecule has 0 aliphatic heterocycles. The van der Waals surface area contributed by atoms with E-state index in [-0.39, 0.29) is 11.5 Å². The monoisotopic (exact) mass is 251 g/mol. The summed E-state index contributed by atoms with van der Waals surface area (Å²) < 4.78 is 0. The molecule has 0 atom stereocenters. The number of phenols is 2. The standard InChI is InChI=1S/C16H13NO2/c18-15-7-3-4-11-10-12(8-9-13(11)15)17-14-5-1-2-6-16(14)19/h1-10,17-19H. The topological polar surface area (TPSA) is 52.5 Å². The first kappa shape index (κ1) is 11.4. The van der Waals surface area contributed by atoms with Crippen LogP contribution in [-0.2, 0) is 0 Å². The first-order valence-corrected chi connectivity index (χ1v) is 6.01. The van der Waals surface area contributed by atoms with Crippen molar-refractivity contribution in [1.29, 1.82) is 0 Å². The predicted octanol–water partition coefficient (Wildman–Crippen LogP) is 3.99. The van der Waals surface area contributed by atoms with E-state index in [0.717, 1.165) is 16.5 Å². The smallest absolute Gasteiger partial charge is 0.139 e. The Kier molecular flexibility index (Phi) is 2.72. The summed E-state index contributed by atoms with van der Waals surface area (Å²) in [5, 5.41) is 24.4. The van der Waals surface area contributed by atoms with E-state index in [9.17, 15) is 10.2 Å². The fourth-order valence-electron chi connectivity index (χ4n) is 2.08. The summed E-state index contributed by atoms with van der Waals surface area (Å²) in [5.41, 5.74) is 1.52. The van der Waals surface area contributed by atoms with Gasteiger partial charge in [0, 0.05) is 11.1 Å². The van der Waals surface area contributed by atoms with Gasteiger partial charge in [-0.05, 0) is 41.8 Å². The lowest BCUT2D eigenvalue weighted by molar-refractivity contribution is 0.477. The maximum Gasteiger partial charge on any atom is 0.139 e. The van der Waals surface area contributed by atoms with E-state index in [1.54, 1.807) is 24.3 Å². The van der Waals surface area contributed by atoms with E-state index in [2.05, 4.69) is 5.32 Å². The zero-order valence-electron chi connectivity index (χ0n) is 10.2. The number of hydrogen-bond acceptors (Lipinski definition) is 3. The Morgan fingerprint density at radius 3 is 2.37 bits per heavy atom. The minimum Gasteiger partial charge on any atom is -0.507 e. The van der Waals surface area contributed by atoms with Crippen molar-refractivity contribution in [2.45, 2.75) is 0 Å². The third kappa shape index (κ3) is 2.18. The number of anilines is 2. The number of fused-ring (bicyclic) bond motifs is 1. The van der Waals surface area contributed by atoms with Crippen LogP contribution in [0.2, 0.25) is 0 Å². The molecular formula is C16H13NO2. The van der Waals surface area contributed by atoms with Crippen LogP contribution in [0.5, 0.6) is 11.5 Å². The Hall–Kier alpha value is -2.68. The Labute approximate surface area is 110 Å². The minimum atomic E-state index is 0.207. The molecule has 19 heavy (non-hydrogen) atoms. The lowest BCUT2D eigenvalue weighted by Gasteiger charge is -2.09. The van der Waals surface area contributed by atoms with Crippen LogP contribution in [-0.4, -0.2) is 10.2 Å². The van der Waals surface area contributed by atoms with Crippen LogP contribution in [0.15, 0.2) is 60.7 Å². The molecule has 3 heteroatoms. The Bertz CT molecular complexity index is 738. The zero-order valence-corrected chi connectivity index (χ0v) is 10.2. The molecule has 3 N–H and O–H groups in total. The summed E-state index contributed by atoms with van der Waals surface area (Å²) in [5.74, 6) is 0.477. The van der Waals surface area contributed by atoms with Gasteiger partial charge >= 0.3 is 0 Å². The van der Waals surface area contributed by atoms with Gasteiger partial charge in [0.15, 0.2) is 0 Å². The number of phenolic OH excluding ortho intramolecular Hbond substituents is 2. The van der Waals surface area contributed by atoms with E-state index in [4.69, 9.17) is 0 Å². The SMILES string of the molecule is Oc1ccccc1Nc1ccc2c(O)cccc2c1. The minimum absolute atomic E-state index is 0.207. The van der Waals surface area contributed by atoms with Gasteiger partial charge in [0.2, 0.25) is 0 Å². The van der Waals surface area contributed by atoms with Crippen LogP contribution in [0.4, 0.5) is 11.4 Å². The van der Waals surface area contributed by atoms with Gasteiger partial charge < -0.3 is 15.5 Å². The van der Waals surface area contributed by atoms with E-state index >= 15 is 0 Å². The molecule has 0 saturated heterocycles. The van der Waals surface area contributed by atoms with Crippen molar-refractivity contribution >= 4 is 22.1 Å². The van der Waals surface area contributed by atoms with Crippen LogP contribution in [0.1, 0.15) is 0 Å². The third-order valence-electron chi connectivity index (χ3n) is 3.04. The van der Waals surface area contributed by atoms with E-state index in [0.29, 0.717) is 5.69 Å². The molecule has 0 heterocycles. The number of rotatable bonds is 2. The highest BCUT2D eigenvalue weighted by atomic mass is 16.3. The molecule has 0 saturated carbocycles. The summed E-state index contributed by atoms with van der Waals surface area (Å²) in [7, 11) is 0. The lowest BCUT2D eigenvalue weighted by atomic mass is 10.1. The van der Waals surface area contributed by atoms with Gasteiger partial charge in [0.05, 0.1) is 5.69 Å². The van der Waals surface area contributed by atoms with Gasteiger partial charge in [-0.25, -0.2) is 0 Å². The number of para-hydroxylation sites is 2. The molecule has 3 aromatic rings. The fraction of sp³-hybridized carbons (Fsp3) is 0. The molecule has 0 fully saturated rings. The normalized spacial score (nSPS) is 10.5. The molecule has 3 aromatic carbocycles. The first-order chi connectivity index (χ1) is 9.24. The second-order valence-corrected chi connectivity index (χ2v) is 4.36. The Balaban J connectivity index is 2.01. The summed E-state index contributed by atoms with van der Waals surface area (Å²) in [6.07, 6.45) is 0. The summed E-state index contributed by atoms with van der Waals surface area (Å²) in [4.78, 5) is 0. The molecule has 0 amide bonds. The summed E-state index contributed by atoms with van der Waals surface area (Å²) in [6, 6.07) is 18.1. The van der Waals surface area contributed by atoms with Crippen LogP contribution < -0.4 is 5.32 Å². The second kappa shape index (κ2) is 4.53. The van der Waals surface area contributed by atoms with Crippen molar-refractivity contribution in [3.05, 3.63) is 60.7 Å². The largest absolute Gasteiger partial charge is 0.507 e. The van der Waals surface area contributed by atoms with Crippen LogP contribution in [0.25, 0.3) is 10.8 Å². The number of aromatic hydroxyl groups is 2. The molecule has 0 radical (unpaired) electrons. The van der Waals surface area contributed by atoms with Crippen LogP contribution in [0, 0.1) is 0 Å². The average molecular weight is 251 g/mol. The molecule has 0 aliphatic rings. The molecule has 3 rings (SSSR count). The molecule has 3 nitrogen and oxygen atoms in total.